The zero-order chi connectivity index (χ0) is 15.4. The van der Waals surface area contributed by atoms with Crippen LogP contribution >= 0.6 is 0 Å². The minimum absolute atomic E-state index is 0.229. The van der Waals surface area contributed by atoms with Crippen LogP contribution in [0.25, 0.3) is 11.5 Å². The Morgan fingerprint density at radius 1 is 1.14 bits per heavy atom. The van der Waals surface area contributed by atoms with Gasteiger partial charge in [-0.15, -0.1) is 10.2 Å². The lowest BCUT2D eigenvalue weighted by Gasteiger charge is -2.20. The summed E-state index contributed by atoms with van der Waals surface area (Å²) in [6, 6.07) is 12.2. The zero-order valence-electron chi connectivity index (χ0n) is 12.7. The summed E-state index contributed by atoms with van der Waals surface area (Å²) in [4.78, 5) is 0. The molecule has 3 aromatic rings. The minimum Gasteiger partial charge on any atom is -0.419 e. The predicted octanol–water partition coefficient (Wildman–Crippen LogP) is 2.67. The van der Waals surface area contributed by atoms with Crippen molar-refractivity contribution in [3.05, 3.63) is 54.7 Å². The second kappa shape index (κ2) is 6.53. The van der Waals surface area contributed by atoms with E-state index in [4.69, 9.17) is 4.42 Å². The third-order valence-corrected chi connectivity index (χ3v) is 3.73. The van der Waals surface area contributed by atoms with Crippen LogP contribution in [0.4, 0.5) is 0 Å². The van der Waals surface area contributed by atoms with Crippen LogP contribution in [0, 0.1) is 0 Å². The lowest BCUT2D eigenvalue weighted by Crippen LogP contribution is -2.33. The molecule has 22 heavy (non-hydrogen) atoms. The average molecular weight is 297 g/mol. The summed E-state index contributed by atoms with van der Waals surface area (Å²) < 4.78 is 7.61. The normalized spacial score (nSPS) is 13.9. The van der Waals surface area contributed by atoms with Gasteiger partial charge in [-0.05, 0) is 32.0 Å². The summed E-state index contributed by atoms with van der Waals surface area (Å²) in [6.07, 6.45) is 3.75. The second-order valence-corrected chi connectivity index (χ2v) is 5.26. The van der Waals surface area contributed by atoms with Gasteiger partial charge < -0.3 is 9.73 Å². The van der Waals surface area contributed by atoms with Crippen LogP contribution in [0.3, 0.4) is 0 Å². The van der Waals surface area contributed by atoms with Gasteiger partial charge >= 0.3 is 0 Å². The molecule has 0 bridgehead atoms. The van der Waals surface area contributed by atoms with Crippen molar-refractivity contribution in [2.45, 2.75) is 32.5 Å². The highest BCUT2D eigenvalue weighted by Gasteiger charge is 2.15. The predicted molar refractivity (Wildman–Crippen MR) is 83.0 cm³/mol. The summed E-state index contributed by atoms with van der Waals surface area (Å²) in [6.45, 7) is 4.77. The lowest BCUT2D eigenvalue weighted by molar-refractivity contribution is 0.349. The number of hydrogen-bond donors (Lipinski definition) is 1. The van der Waals surface area contributed by atoms with E-state index in [1.54, 1.807) is 6.20 Å². The van der Waals surface area contributed by atoms with Crippen molar-refractivity contribution in [3.63, 3.8) is 0 Å². The number of nitrogens with one attached hydrogen (secondary N) is 1. The molecule has 1 N–H and O–H groups in total. The average Bonchev–Trinajstić information content (AvgIpc) is 3.24. The minimum atomic E-state index is 0.229. The van der Waals surface area contributed by atoms with E-state index >= 15 is 0 Å². The Morgan fingerprint density at radius 2 is 1.95 bits per heavy atom. The summed E-state index contributed by atoms with van der Waals surface area (Å²) >= 11 is 0. The maximum atomic E-state index is 5.68. The molecule has 0 aliphatic carbocycles. The molecule has 0 aliphatic heterocycles. The highest BCUT2D eigenvalue weighted by Crippen LogP contribution is 2.17. The maximum Gasteiger partial charge on any atom is 0.247 e. The Morgan fingerprint density at radius 3 is 2.68 bits per heavy atom. The number of nitrogens with zero attached hydrogens (tertiary/aromatic N) is 4. The van der Waals surface area contributed by atoms with Gasteiger partial charge in [-0.2, -0.15) is 5.10 Å². The summed E-state index contributed by atoms with van der Waals surface area (Å²) in [5.41, 5.74) is 0.930. The highest BCUT2D eigenvalue weighted by atomic mass is 16.4. The first-order valence-electron chi connectivity index (χ1n) is 7.34. The largest absolute Gasteiger partial charge is 0.419 e. The first-order chi connectivity index (χ1) is 10.7. The monoisotopic (exact) mass is 297 g/mol. The molecule has 2 atom stereocenters. The second-order valence-electron chi connectivity index (χ2n) is 5.26. The molecule has 2 unspecified atom stereocenters. The molecule has 0 amide bonds. The van der Waals surface area contributed by atoms with Gasteiger partial charge in [-0.3, -0.25) is 4.68 Å². The molecule has 0 fully saturated rings. The van der Waals surface area contributed by atoms with Gasteiger partial charge in [-0.1, -0.05) is 18.2 Å². The van der Waals surface area contributed by atoms with Crippen LogP contribution < -0.4 is 5.32 Å². The number of rotatable bonds is 6. The van der Waals surface area contributed by atoms with E-state index in [-0.39, 0.29) is 12.1 Å². The first-order valence-corrected chi connectivity index (χ1v) is 7.34. The van der Waals surface area contributed by atoms with Crippen LogP contribution in [-0.4, -0.2) is 26.0 Å². The quantitative estimate of drug-likeness (QED) is 0.757. The molecule has 0 spiro atoms. The van der Waals surface area contributed by atoms with Gasteiger partial charge in [0.1, 0.15) is 0 Å². The zero-order valence-corrected chi connectivity index (χ0v) is 12.7. The van der Waals surface area contributed by atoms with Gasteiger partial charge in [0.15, 0.2) is 0 Å². The smallest absolute Gasteiger partial charge is 0.247 e. The molecule has 0 saturated heterocycles. The maximum absolute atomic E-state index is 5.68. The molecule has 0 aliphatic rings. The highest BCUT2D eigenvalue weighted by molar-refractivity contribution is 5.51. The van der Waals surface area contributed by atoms with Crippen LogP contribution in [0.1, 0.15) is 25.8 Å². The molecule has 2 aromatic heterocycles. The Kier molecular flexibility index (Phi) is 4.29. The van der Waals surface area contributed by atoms with E-state index in [0.29, 0.717) is 18.3 Å². The van der Waals surface area contributed by atoms with Crippen molar-refractivity contribution >= 4 is 0 Å². The Hall–Kier alpha value is -2.47. The molecule has 3 rings (SSSR count). The molecular weight excluding hydrogens is 278 g/mol. The van der Waals surface area contributed by atoms with Gasteiger partial charge in [0, 0.05) is 24.0 Å². The van der Waals surface area contributed by atoms with Crippen molar-refractivity contribution in [3.8, 4) is 11.5 Å². The van der Waals surface area contributed by atoms with E-state index in [2.05, 4.69) is 34.5 Å². The number of benzene rings is 1. The van der Waals surface area contributed by atoms with E-state index < -0.39 is 0 Å². The molecule has 0 radical (unpaired) electrons. The van der Waals surface area contributed by atoms with Crippen molar-refractivity contribution in [1.29, 1.82) is 0 Å². The van der Waals surface area contributed by atoms with Gasteiger partial charge in [-0.25, -0.2) is 0 Å². The SMILES string of the molecule is CC(NCc1nnc(-c2ccccc2)o1)C(C)n1cccn1. The number of hydrogen-bond acceptors (Lipinski definition) is 5. The molecule has 6 nitrogen and oxygen atoms in total. The van der Waals surface area contributed by atoms with Crippen LogP contribution in [0.2, 0.25) is 0 Å². The standard InChI is InChI=1S/C16H19N5O/c1-12(13(2)21-10-6-9-18-21)17-11-15-19-20-16(22-15)14-7-4-3-5-8-14/h3-10,12-13,17H,11H2,1-2H3. The molecule has 114 valence electrons. The number of aromatic nitrogens is 4. The Labute approximate surface area is 129 Å². The molecule has 2 heterocycles. The summed E-state index contributed by atoms with van der Waals surface area (Å²) in [7, 11) is 0. The van der Waals surface area contributed by atoms with Gasteiger partial charge in [0.05, 0.1) is 12.6 Å². The summed E-state index contributed by atoms with van der Waals surface area (Å²) in [5, 5.41) is 15.8. The molecular formula is C16H19N5O. The third kappa shape index (κ3) is 3.23. The molecule has 6 heteroatoms. The fourth-order valence-electron chi connectivity index (χ4n) is 2.19. The van der Waals surface area contributed by atoms with Crippen LogP contribution in [0.5, 0.6) is 0 Å². The van der Waals surface area contributed by atoms with E-state index in [0.717, 1.165) is 5.56 Å². The van der Waals surface area contributed by atoms with Crippen molar-refractivity contribution in [1.82, 2.24) is 25.3 Å². The van der Waals surface area contributed by atoms with Crippen molar-refractivity contribution in [2.75, 3.05) is 0 Å². The fraction of sp³-hybridized carbons (Fsp3) is 0.312. The Bertz CT molecular complexity index is 692. The first kappa shape index (κ1) is 14.5. The van der Waals surface area contributed by atoms with Crippen LogP contribution in [-0.2, 0) is 6.54 Å². The fourth-order valence-corrected chi connectivity index (χ4v) is 2.19. The Balaban J connectivity index is 1.59. The lowest BCUT2D eigenvalue weighted by atomic mass is 10.2. The van der Waals surface area contributed by atoms with Gasteiger partial charge in [0.25, 0.3) is 0 Å². The van der Waals surface area contributed by atoms with Crippen molar-refractivity contribution < 1.29 is 4.42 Å². The van der Waals surface area contributed by atoms with E-state index in [1.807, 2.05) is 47.3 Å². The third-order valence-electron chi connectivity index (χ3n) is 3.73. The van der Waals surface area contributed by atoms with Crippen molar-refractivity contribution in [2.24, 2.45) is 0 Å². The van der Waals surface area contributed by atoms with E-state index in [9.17, 15) is 0 Å². The molecule has 1 aromatic carbocycles. The summed E-state index contributed by atoms with van der Waals surface area (Å²) in [5.74, 6) is 1.13. The van der Waals surface area contributed by atoms with Gasteiger partial charge in [0.2, 0.25) is 11.8 Å². The molecule has 0 saturated carbocycles. The van der Waals surface area contributed by atoms with E-state index in [1.165, 1.54) is 0 Å². The topological polar surface area (TPSA) is 68.8 Å². The van der Waals surface area contributed by atoms with Crippen LogP contribution in [0.15, 0.2) is 53.2 Å².